The van der Waals surface area contributed by atoms with Crippen molar-refractivity contribution >= 4 is 5.78 Å². The van der Waals surface area contributed by atoms with E-state index in [1.807, 2.05) is 0 Å². The van der Waals surface area contributed by atoms with Gasteiger partial charge in [0.05, 0.1) is 6.61 Å². The van der Waals surface area contributed by atoms with Gasteiger partial charge in [0.2, 0.25) is 0 Å². The van der Waals surface area contributed by atoms with Crippen LogP contribution in [-0.4, -0.2) is 28.7 Å². The summed E-state index contributed by atoms with van der Waals surface area (Å²) < 4.78 is 0. The number of aliphatic hydroxyl groups excluding tert-OH is 2. The molecule has 0 aliphatic carbocycles. The van der Waals surface area contributed by atoms with Gasteiger partial charge in [-0.25, -0.2) is 0 Å². The monoisotopic (exact) mass is 348 g/mol. The molecule has 0 bridgehead atoms. The quantitative estimate of drug-likeness (QED) is 0.303. The zero-order chi connectivity index (χ0) is 18.6. The first-order valence-electron chi connectivity index (χ1n) is 9.64. The van der Waals surface area contributed by atoms with E-state index in [1.54, 1.807) is 0 Å². The maximum absolute atomic E-state index is 11.3. The molecular formula is C22H36O3. The first-order chi connectivity index (χ1) is 12.2. The van der Waals surface area contributed by atoms with Gasteiger partial charge in [0.1, 0.15) is 6.10 Å². The van der Waals surface area contributed by atoms with Gasteiger partial charge in [-0.3, -0.25) is 4.79 Å². The number of ketones is 1. The fraction of sp³-hybridized carbons (Fsp3) is 0.591. The third kappa shape index (κ3) is 17.2. The predicted octanol–water partition coefficient (Wildman–Crippen LogP) is 5.05. The lowest BCUT2D eigenvalue weighted by Crippen LogP contribution is -2.23. The largest absolute Gasteiger partial charge is 0.393 e. The fourth-order valence-corrected chi connectivity index (χ4v) is 2.22. The zero-order valence-electron chi connectivity index (χ0n) is 15.8. The molecule has 0 rings (SSSR count). The summed E-state index contributed by atoms with van der Waals surface area (Å²) in [5.41, 5.74) is 0. The van der Waals surface area contributed by atoms with Crippen molar-refractivity contribution in [3.8, 4) is 0 Å². The molecule has 0 radical (unpaired) electrons. The number of hydrogen-bond donors (Lipinski definition) is 2. The van der Waals surface area contributed by atoms with E-state index in [4.69, 9.17) is 10.2 Å². The first kappa shape index (κ1) is 23.5. The molecule has 0 saturated heterocycles. The highest BCUT2D eigenvalue weighted by molar-refractivity contribution is 5.82. The highest BCUT2D eigenvalue weighted by Gasteiger charge is 2.11. The van der Waals surface area contributed by atoms with E-state index in [0.717, 1.165) is 25.7 Å². The van der Waals surface area contributed by atoms with Crippen LogP contribution >= 0.6 is 0 Å². The summed E-state index contributed by atoms with van der Waals surface area (Å²) in [6.07, 6.45) is 26.0. The number of carbonyl (C=O) groups is 1. The number of rotatable bonds is 16. The van der Waals surface area contributed by atoms with Crippen molar-refractivity contribution < 1.29 is 15.0 Å². The number of Topliss-reactive ketones (excluding diaryl/α,β-unsaturated/α-hetero) is 1. The van der Waals surface area contributed by atoms with E-state index in [9.17, 15) is 4.79 Å². The molecular weight excluding hydrogens is 312 g/mol. The number of hydrogen-bond acceptors (Lipinski definition) is 3. The van der Waals surface area contributed by atoms with Crippen LogP contribution in [0, 0.1) is 0 Å². The Kier molecular flexibility index (Phi) is 17.8. The van der Waals surface area contributed by atoms with E-state index in [1.165, 1.54) is 25.7 Å². The van der Waals surface area contributed by atoms with Crippen LogP contribution in [0.4, 0.5) is 0 Å². The van der Waals surface area contributed by atoms with Crippen molar-refractivity contribution in [2.24, 2.45) is 0 Å². The maximum Gasteiger partial charge on any atom is 0.163 e. The van der Waals surface area contributed by atoms with Crippen LogP contribution in [-0.2, 0) is 4.79 Å². The third-order valence-corrected chi connectivity index (χ3v) is 3.80. The predicted molar refractivity (Wildman–Crippen MR) is 107 cm³/mol. The number of unbranched alkanes of at least 4 members (excludes halogenated alkanes) is 4. The summed E-state index contributed by atoms with van der Waals surface area (Å²) in [6.45, 7) is 1.74. The minimum absolute atomic E-state index is 0.279. The third-order valence-electron chi connectivity index (χ3n) is 3.80. The topological polar surface area (TPSA) is 57.5 Å². The smallest absolute Gasteiger partial charge is 0.163 e. The highest BCUT2D eigenvalue weighted by Crippen LogP contribution is 2.02. The molecule has 0 amide bonds. The van der Waals surface area contributed by atoms with Gasteiger partial charge in [-0.15, -0.1) is 0 Å². The molecule has 0 aromatic rings. The van der Waals surface area contributed by atoms with Gasteiger partial charge >= 0.3 is 0 Å². The fourth-order valence-electron chi connectivity index (χ4n) is 2.22. The lowest BCUT2D eigenvalue weighted by molar-refractivity contribution is -0.129. The Bertz CT molecular complexity index is 419. The van der Waals surface area contributed by atoms with E-state index >= 15 is 0 Å². The number of allylic oxidation sites excluding steroid dienone is 8. The summed E-state index contributed by atoms with van der Waals surface area (Å²) in [4.78, 5) is 11.3. The molecule has 142 valence electrons. The summed E-state index contributed by atoms with van der Waals surface area (Å²) in [7, 11) is 0. The molecule has 0 aliphatic heterocycles. The van der Waals surface area contributed by atoms with Crippen LogP contribution in [0.2, 0.25) is 0 Å². The van der Waals surface area contributed by atoms with Crippen molar-refractivity contribution in [2.45, 2.75) is 77.2 Å². The molecule has 0 aromatic heterocycles. The van der Waals surface area contributed by atoms with Gasteiger partial charge in [-0.1, -0.05) is 68.4 Å². The van der Waals surface area contributed by atoms with E-state index in [2.05, 4.69) is 55.5 Å². The van der Waals surface area contributed by atoms with Crippen molar-refractivity contribution in [1.29, 1.82) is 0 Å². The second kappa shape index (κ2) is 18.9. The Balaban J connectivity index is 3.50. The van der Waals surface area contributed by atoms with Crippen LogP contribution in [0.5, 0.6) is 0 Å². The number of carbonyl (C=O) groups excluding carboxylic acids is 1. The lowest BCUT2D eigenvalue weighted by Gasteiger charge is -2.03. The van der Waals surface area contributed by atoms with Crippen LogP contribution in [0.15, 0.2) is 48.6 Å². The van der Waals surface area contributed by atoms with Crippen molar-refractivity contribution in [3.63, 3.8) is 0 Å². The molecule has 0 fully saturated rings. The van der Waals surface area contributed by atoms with E-state index in [-0.39, 0.29) is 5.78 Å². The Labute approximate surface area is 153 Å². The summed E-state index contributed by atoms with van der Waals surface area (Å²) in [6, 6.07) is 0. The minimum atomic E-state index is -1.21. The molecule has 1 unspecified atom stereocenters. The molecule has 3 heteroatoms. The Morgan fingerprint density at radius 1 is 0.800 bits per heavy atom. The average molecular weight is 349 g/mol. The molecule has 0 spiro atoms. The van der Waals surface area contributed by atoms with E-state index < -0.39 is 12.7 Å². The maximum atomic E-state index is 11.3. The normalized spacial score (nSPS) is 13.7. The van der Waals surface area contributed by atoms with Crippen LogP contribution in [0.25, 0.3) is 0 Å². The van der Waals surface area contributed by atoms with Gasteiger partial charge in [0.15, 0.2) is 5.78 Å². The minimum Gasteiger partial charge on any atom is -0.393 e. The second-order valence-electron chi connectivity index (χ2n) is 6.15. The molecule has 0 aliphatic rings. The molecule has 0 saturated carbocycles. The van der Waals surface area contributed by atoms with Crippen LogP contribution < -0.4 is 0 Å². The van der Waals surface area contributed by atoms with Crippen LogP contribution in [0.3, 0.4) is 0 Å². The molecule has 3 nitrogen and oxygen atoms in total. The summed E-state index contributed by atoms with van der Waals surface area (Å²) >= 11 is 0. The van der Waals surface area contributed by atoms with Gasteiger partial charge in [-0.05, 0) is 44.9 Å². The molecule has 25 heavy (non-hydrogen) atoms. The van der Waals surface area contributed by atoms with Crippen molar-refractivity contribution in [1.82, 2.24) is 0 Å². The Morgan fingerprint density at radius 3 is 1.76 bits per heavy atom. The van der Waals surface area contributed by atoms with Crippen molar-refractivity contribution in [2.75, 3.05) is 6.61 Å². The molecule has 1 atom stereocenters. The summed E-state index contributed by atoms with van der Waals surface area (Å²) in [5.74, 6) is -0.279. The van der Waals surface area contributed by atoms with Gasteiger partial charge in [0, 0.05) is 6.42 Å². The second-order valence-corrected chi connectivity index (χ2v) is 6.15. The standard InChI is InChI=1S/C22H36O3/c1-2-3-4-5-6-7-8-9-10-11-12-13-14-15-16-17-18-19-21(24)22(25)20-23/h6-7,9-10,12-13,15-16,22-23,25H,2-5,8,11,14,17-20H2,1H3/b7-6-,10-9-,13-12-,16-15-. The zero-order valence-corrected chi connectivity index (χ0v) is 15.8. The lowest BCUT2D eigenvalue weighted by atomic mass is 10.1. The van der Waals surface area contributed by atoms with Crippen LogP contribution in [0.1, 0.15) is 71.1 Å². The first-order valence-corrected chi connectivity index (χ1v) is 9.64. The molecule has 2 N–H and O–H groups in total. The van der Waals surface area contributed by atoms with Crippen molar-refractivity contribution in [3.05, 3.63) is 48.6 Å². The SMILES string of the molecule is CCCCC/C=C\C/C=C\C/C=C\C/C=C\CCCC(=O)C(O)CO. The Hall–Kier alpha value is -1.45. The molecule has 0 aromatic carbocycles. The van der Waals surface area contributed by atoms with Gasteiger partial charge < -0.3 is 10.2 Å². The number of aliphatic hydroxyl groups is 2. The van der Waals surface area contributed by atoms with E-state index in [0.29, 0.717) is 12.8 Å². The van der Waals surface area contributed by atoms with Gasteiger partial charge in [0.25, 0.3) is 0 Å². The van der Waals surface area contributed by atoms with Gasteiger partial charge in [-0.2, -0.15) is 0 Å². The Morgan fingerprint density at radius 2 is 1.28 bits per heavy atom. The highest BCUT2D eigenvalue weighted by atomic mass is 16.3. The molecule has 0 heterocycles. The summed E-state index contributed by atoms with van der Waals surface area (Å²) in [5, 5.41) is 17.8. The average Bonchev–Trinajstić information content (AvgIpc) is 2.63.